The van der Waals surface area contributed by atoms with Crippen molar-refractivity contribution in [2.75, 3.05) is 19.8 Å². The summed E-state index contributed by atoms with van der Waals surface area (Å²) in [6.07, 6.45) is 5.67. The number of ether oxygens (including phenoxy) is 1. The standard InChI is InChI=1S/C11H23O2/c1-3-5-7-11(4-2)10-13-9-6-8-12/h11H,3-10H2,1-2H3. The molecule has 1 unspecified atom stereocenters. The average molecular weight is 187 g/mol. The van der Waals surface area contributed by atoms with E-state index in [1.165, 1.54) is 25.7 Å². The molecule has 13 heavy (non-hydrogen) atoms. The first-order valence-electron chi connectivity index (χ1n) is 5.50. The van der Waals surface area contributed by atoms with Crippen molar-refractivity contribution < 1.29 is 9.84 Å². The predicted molar refractivity (Wildman–Crippen MR) is 54.3 cm³/mol. The van der Waals surface area contributed by atoms with Crippen molar-refractivity contribution in [2.24, 2.45) is 5.92 Å². The van der Waals surface area contributed by atoms with E-state index in [4.69, 9.17) is 4.74 Å². The molecule has 0 saturated carbocycles. The fourth-order valence-electron chi connectivity index (χ4n) is 1.31. The van der Waals surface area contributed by atoms with Crippen LogP contribution in [0.25, 0.3) is 0 Å². The minimum atomic E-state index is -0.00818. The van der Waals surface area contributed by atoms with Gasteiger partial charge >= 0.3 is 0 Å². The van der Waals surface area contributed by atoms with Crippen LogP contribution in [0.2, 0.25) is 0 Å². The quantitative estimate of drug-likeness (QED) is 0.510. The van der Waals surface area contributed by atoms with E-state index in [1.54, 1.807) is 0 Å². The van der Waals surface area contributed by atoms with E-state index in [9.17, 15) is 5.11 Å². The van der Waals surface area contributed by atoms with Crippen LogP contribution in [0.15, 0.2) is 0 Å². The van der Waals surface area contributed by atoms with Gasteiger partial charge in [0, 0.05) is 13.2 Å². The van der Waals surface area contributed by atoms with Gasteiger partial charge in [-0.15, -0.1) is 0 Å². The molecule has 1 radical (unpaired) electrons. The van der Waals surface area contributed by atoms with E-state index in [2.05, 4.69) is 13.8 Å². The van der Waals surface area contributed by atoms with Crippen molar-refractivity contribution in [1.82, 2.24) is 0 Å². The molecular weight excluding hydrogens is 164 g/mol. The van der Waals surface area contributed by atoms with Gasteiger partial charge in [-0.3, -0.25) is 0 Å². The third-order valence-electron chi connectivity index (χ3n) is 2.33. The molecule has 0 spiro atoms. The lowest BCUT2D eigenvalue weighted by molar-refractivity contribution is 0.0720. The summed E-state index contributed by atoms with van der Waals surface area (Å²) in [4.78, 5) is 0. The summed E-state index contributed by atoms with van der Waals surface area (Å²) < 4.78 is 5.42. The normalized spacial score (nSPS) is 13.2. The van der Waals surface area contributed by atoms with Gasteiger partial charge in [0.2, 0.25) is 0 Å². The van der Waals surface area contributed by atoms with E-state index in [-0.39, 0.29) is 6.61 Å². The maximum Gasteiger partial charge on any atom is 0.0844 e. The summed E-state index contributed by atoms with van der Waals surface area (Å²) in [5.74, 6) is 0.701. The van der Waals surface area contributed by atoms with Gasteiger partial charge in [0.05, 0.1) is 6.61 Å². The van der Waals surface area contributed by atoms with Crippen molar-refractivity contribution in [3.63, 3.8) is 0 Å². The Labute approximate surface area is 82.3 Å². The van der Waals surface area contributed by atoms with E-state index in [1.807, 2.05) is 0 Å². The second kappa shape index (κ2) is 10.0. The molecule has 0 aromatic rings. The molecule has 0 aliphatic rings. The molecule has 2 heteroatoms. The Balaban J connectivity index is 3.25. The SMILES string of the molecule is CCCCC(CC)COCCC[O]. The Morgan fingerprint density at radius 1 is 1.23 bits per heavy atom. The zero-order valence-electron chi connectivity index (χ0n) is 9.05. The maximum absolute atomic E-state index is 10.1. The van der Waals surface area contributed by atoms with Crippen molar-refractivity contribution in [2.45, 2.75) is 46.0 Å². The van der Waals surface area contributed by atoms with Crippen LogP contribution in [0.3, 0.4) is 0 Å². The largest absolute Gasteiger partial charge is 0.381 e. The summed E-state index contributed by atoms with van der Waals surface area (Å²) >= 11 is 0. The Hall–Kier alpha value is -0.0800. The van der Waals surface area contributed by atoms with Crippen LogP contribution >= 0.6 is 0 Å². The summed E-state index contributed by atoms with van der Waals surface area (Å²) in [6, 6.07) is 0. The van der Waals surface area contributed by atoms with Gasteiger partial charge in [0.15, 0.2) is 0 Å². The molecule has 0 bridgehead atoms. The van der Waals surface area contributed by atoms with Crippen LogP contribution in [0, 0.1) is 5.92 Å². The van der Waals surface area contributed by atoms with Gasteiger partial charge in [0.1, 0.15) is 0 Å². The zero-order chi connectivity index (χ0) is 9.94. The number of hydrogen-bond donors (Lipinski definition) is 0. The van der Waals surface area contributed by atoms with Gasteiger partial charge in [-0.1, -0.05) is 33.1 Å². The lowest BCUT2D eigenvalue weighted by Crippen LogP contribution is -2.10. The second-order valence-electron chi connectivity index (χ2n) is 3.55. The molecular formula is C11H23O2. The molecule has 2 nitrogen and oxygen atoms in total. The summed E-state index contributed by atoms with van der Waals surface area (Å²) in [5, 5.41) is 10.1. The Kier molecular flexibility index (Phi) is 9.94. The fourth-order valence-corrected chi connectivity index (χ4v) is 1.31. The summed E-state index contributed by atoms with van der Waals surface area (Å²) in [5.41, 5.74) is 0. The smallest absolute Gasteiger partial charge is 0.0844 e. The number of unbranched alkanes of at least 4 members (excludes halogenated alkanes) is 1. The molecule has 0 aromatic carbocycles. The number of hydrogen-bond acceptors (Lipinski definition) is 1. The first kappa shape index (κ1) is 12.9. The third kappa shape index (κ3) is 8.26. The summed E-state index contributed by atoms with van der Waals surface area (Å²) in [7, 11) is 0. The van der Waals surface area contributed by atoms with Gasteiger partial charge in [-0.2, -0.15) is 0 Å². The third-order valence-corrected chi connectivity index (χ3v) is 2.33. The minimum absolute atomic E-state index is 0.00818. The van der Waals surface area contributed by atoms with Crippen LogP contribution in [0.5, 0.6) is 0 Å². The molecule has 0 rings (SSSR count). The Morgan fingerprint density at radius 3 is 2.54 bits per heavy atom. The van der Waals surface area contributed by atoms with Gasteiger partial charge in [-0.05, 0) is 18.8 Å². The van der Waals surface area contributed by atoms with Crippen LogP contribution in [0.1, 0.15) is 46.0 Å². The molecule has 0 fully saturated rings. The molecule has 0 heterocycles. The lowest BCUT2D eigenvalue weighted by Gasteiger charge is -2.14. The summed E-state index contributed by atoms with van der Waals surface area (Å²) in [6.45, 7) is 5.90. The van der Waals surface area contributed by atoms with Crippen molar-refractivity contribution in [1.29, 1.82) is 0 Å². The Bertz CT molecular complexity index is 94.1. The minimum Gasteiger partial charge on any atom is -0.381 e. The topological polar surface area (TPSA) is 29.1 Å². The van der Waals surface area contributed by atoms with E-state index >= 15 is 0 Å². The molecule has 79 valence electrons. The highest BCUT2D eigenvalue weighted by Crippen LogP contribution is 2.12. The highest BCUT2D eigenvalue weighted by molar-refractivity contribution is 4.55. The second-order valence-corrected chi connectivity index (χ2v) is 3.55. The molecule has 0 aliphatic heterocycles. The van der Waals surface area contributed by atoms with E-state index in [0.29, 0.717) is 18.9 Å². The van der Waals surface area contributed by atoms with Crippen molar-refractivity contribution in [3.05, 3.63) is 0 Å². The van der Waals surface area contributed by atoms with Crippen LogP contribution < -0.4 is 0 Å². The van der Waals surface area contributed by atoms with Crippen molar-refractivity contribution in [3.8, 4) is 0 Å². The van der Waals surface area contributed by atoms with Gasteiger partial charge in [0.25, 0.3) is 0 Å². The molecule has 0 amide bonds. The first-order chi connectivity index (χ1) is 6.35. The van der Waals surface area contributed by atoms with E-state index < -0.39 is 0 Å². The van der Waals surface area contributed by atoms with Gasteiger partial charge in [-0.25, -0.2) is 5.11 Å². The van der Waals surface area contributed by atoms with Gasteiger partial charge < -0.3 is 4.74 Å². The molecule has 0 aliphatic carbocycles. The fraction of sp³-hybridized carbons (Fsp3) is 1.00. The molecule has 0 N–H and O–H groups in total. The van der Waals surface area contributed by atoms with Crippen LogP contribution in [0.4, 0.5) is 0 Å². The van der Waals surface area contributed by atoms with Crippen LogP contribution in [-0.2, 0) is 9.84 Å². The average Bonchev–Trinajstić information content (AvgIpc) is 2.17. The molecule has 0 saturated heterocycles. The first-order valence-corrected chi connectivity index (χ1v) is 5.50. The molecule has 0 aromatic heterocycles. The van der Waals surface area contributed by atoms with Crippen LogP contribution in [-0.4, -0.2) is 19.8 Å². The highest BCUT2D eigenvalue weighted by atomic mass is 16.5. The zero-order valence-corrected chi connectivity index (χ0v) is 9.05. The lowest BCUT2D eigenvalue weighted by atomic mass is 10.0. The molecule has 1 atom stereocenters. The Morgan fingerprint density at radius 2 is 2.00 bits per heavy atom. The van der Waals surface area contributed by atoms with E-state index in [0.717, 1.165) is 6.61 Å². The number of rotatable bonds is 9. The maximum atomic E-state index is 10.1. The predicted octanol–water partition coefficient (Wildman–Crippen LogP) is 3.04. The monoisotopic (exact) mass is 187 g/mol. The van der Waals surface area contributed by atoms with Crippen molar-refractivity contribution >= 4 is 0 Å². The highest BCUT2D eigenvalue weighted by Gasteiger charge is 2.04.